The van der Waals surface area contributed by atoms with Crippen molar-refractivity contribution in [3.63, 3.8) is 0 Å². The van der Waals surface area contributed by atoms with Crippen LogP contribution in [-0.4, -0.2) is 47.9 Å². The van der Waals surface area contributed by atoms with Gasteiger partial charge in [0.1, 0.15) is 0 Å². The van der Waals surface area contributed by atoms with E-state index in [0.717, 1.165) is 32.5 Å². The number of carbonyl (C=O) groups is 1. The summed E-state index contributed by atoms with van der Waals surface area (Å²) < 4.78 is 0. The van der Waals surface area contributed by atoms with E-state index in [4.69, 9.17) is 0 Å². The fraction of sp³-hybridized carbons (Fsp3) is 0.933. The standard InChI is InChI=1S/C15H28N2O/c1-3-5-7-13(4-2)15(18)17-11-10-16-9-6-8-14(16)12-17/h13-14H,3-12H2,1-2H3/t13-,14-/m1/s1. The van der Waals surface area contributed by atoms with Crippen molar-refractivity contribution in [3.8, 4) is 0 Å². The van der Waals surface area contributed by atoms with E-state index in [1.807, 2.05) is 0 Å². The van der Waals surface area contributed by atoms with Crippen molar-refractivity contribution in [2.45, 2.75) is 58.4 Å². The molecule has 0 unspecified atom stereocenters. The van der Waals surface area contributed by atoms with E-state index in [0.29, 0.717) is 11.9 Å². The summed E-state index contributed by atoms with van der Waals surface area (Å²) in [6.45, 7) is 8.65. The van der Waals surface area contributed by atoms with Crippen molar-refractivity contribution < 1.29 is 4.79 Å². The summed E-state index contributed by atoms with van der Waals surface area (Å²) in [6.07, 6.45) is 7.07. The highest BCUT2D eigenvalue weighted by molar-refractivity contribution is 5.79. The quantitative estimate of drug-likeness (QED) is 0.750. The SMILES string of the molecule is CCCC[C@@H](CC)C(=O)N1CCN2CCC[C@@H]2C1. The van der Waals surface area contributed by atoms with Crippen LogP contribution in [0.2, 0.25) is 0 Å². The molecule has 0 aromatic heterocycles. The molecule has 0 N–H and O–H groups in total. The molecule has 2 aliphatic heterocycles. The van der Waals surface area contributed by atoms with Crippen LogP contribution in [0.4, 0.5) is 0 Å². The molecule has 2 fully saturated rings. The maximum atomic E-state index is 12.5. The van der Waals surface area contributed by atoms with Gasteiger partial charge in [-0.2, -0.15) is 0 Å². The number of nitrogens with zero attached hydrogens (tertiary/aromatic N) is 2. The van der Waals surface area contributed by atoms with Crippen molar-refractivity contribution in [2.24, 2.45) is 5.92 Å². The van der Waals surface area contributed by atoms with Crippen molar-refractivity contribution in [3.05, 3.63) is 0 Å². The van der Waals surface area contributed by atoms with Crippen LogP contribution in [-0.2, 0) is 4.79 Å². The van der Waals surface area contributed by atoms with Crippen LogP contribution in [0.5, 0.6) is 0 Å². The van der Waals surface area contributed by atoms with Gasteiger partial charge in [0.25, 0.3) is 0 Å². The van der Waals surface area contributed by atoms with E-state index in [2.05, 4.69) is 23.6 Å². The van der Waals surface area contributed by atoms with Gasteiger partial charge in [0.05, 0.1) is 0 Å². The number of rotatable bonds is 5. The summed E-state index contributed by atoms with van der Waals surface area (Å²) in [7, 11) is 0. The average Bonchev–Trinajstić information content (AvgIpc) is 2.86. The molecule has 2 rings (SSSR count). The second-order valence-electron chi connectivity index (χ2n) is 5.86. The van der Waals surface area contributed by atoms with Gasteiger partial charge in [0.15, 0.2) is 0 Å². The summed E-state index contributed by atoms with van der Waals surface area (Å²) in [6, 6.07) is 0.659. The molecular weight excluding hydrogens is 224 g/mol. The van der Waals surface area contributed by atoms with Crippen LogP contribution in [0.15, 0.2) is 0 Å². The van der Waals surface area contributed by atoms with Crippen molar-refractivity contribution in [1.82, 2.24) is 9.80 Å². The first-order valence-corrected chi connectivity index (χ1v) is 7.79. The van der Waals surface area contributed by atoms with Gasteiger partial charge in [0, 0.05) is 31.6 Å². The first-order chi connectivity index (χ1) is 8.76. The van der Waals surface area contributed by atoms with Gasteiger partial charge in [0.2, 0.25) is 5.91 Å². The van der Waals surface area contributed by atoms with Gasteiger partial charge < -0.3 is 4.90 Å². The van der Waals surface area contributed by atoms with E-state index in [1.165, 1.54) is 32.2 Å². The molecule has 2 aliphatic rings. The summed E-state index contributed by atoms with van der Waals surface area (Å²) in [5.74, 6) is 0.704. The number of hydrogen-bond acceptors (Lipinski definition) is 2. The largest absolute Gasteiger partial charge is 0.340 e. The maximum absolute atomic E-state index is 12.5. The Morgan fingerprint density at radius 1 is 1.28 bits per heavy atom. The minimum absolute atomic E-state index is 0.276. The van der Waals surface area contributed by atoms with Gasteiger partial charge in [-0.3, -0.25) is 9.69 Å². The van der Waals surface area contributed by atoms with Gasteiger partial charge in [-0.15, -0.1) is 0 Å². The third-order valence-corrected chi connectivity index (χ3v) is 4.65. The number of unbranched alkanes of at least 4 members (excludes halogenated alkanes) is 1. The Bertz CT molecular complexity index is 280. The Kier molecular flexibility index (Phi) is 5.04. The van der Waals surface area contributed by atoms with Crippen LogP contribution in [0.25, 0.3) is 0 Å². The summed E-state index contributed by atoms with van der Waals surface area (Å²) in [5.41, 5.74) is 0. The Labute approximate surface area is 112 Å². The van der Waals surface area contributed by atoms with E-state index in [1.54, 1.807) is 0 Å². The van der Waals surface area contributed by atoms with Gasteiger partial charge in [-0.1, -0.05) is 26.7 Å². The summed E-state index contributed by atoms with van der Waals surface area (Å²) >= 11 is 0. The van der Waals surface area contributed by atoms with Crippen LogP contribution in [0.1, 0.15) is 52.4 Å². The van der Waals surface area contributed by atoms with Gasteiger partial charge in [-0.05, 0) is 32.2 Å². The zero-order valence-electron chi connectivity index (χ0n) is 12.0. The topological polar surface area (TPSA) is 23.6 Å². The lowest BCUT2D eigenvalue weighted by molar-refractivity contribution is -0.138. The second kappa shape index (κ2) is 6.55. The fourth-order valence-corrected chi connectivity index (χ4v) is 3.40. The lowest BCUT2D eigenvalue weighted by atomic mass is 9.97. The number of piperazine rings is 1. The van der Waals surface area contributed by atoms with E-state index in [9.17, 15) is 4.79 Å². The Morgan fingerprint density at radius 3 is 2.83 bits per heavy atom. The predicted octanol–water partition coefficient (Wildman–Crippen LogP) is 2.51. The number of hydrogen-bond donors (Lipinski definition) is 0. The monoisotopic (exact) mass is 252 g/mol. The zero-order valence-corrected chi connectivity index (χ0v) is 12.0. The molecule has 0 aromatic rings. The molecule has 0 spiro atoms. The first kappa shape index (κ1) is 13.9. The van der Waals surface area contributed by atoms with E-state index >= 15 is 0 Å². The third-order valence-electron chi connectivity index (χ3n) is 4.65. The van der Waals surface area contributed by atoms with Crippen molar-refractivity contribution in [2.75, 3.05) is 26.2 Å². The highest BCUT2D eigenvalue weighted by atomic mass is 16.2. The Morgan fingerprint density at radius 2 is 2.11 bits per heavy atom. The molecule has 3 heteroatoms. The van der Waals surface area contributed by atoms with Gasteiger partial charge in [-0.25, -0.2) is 0 Å². The maximum Gasteiger partial charge on any atom is 0.225 e. The van der Waals surface area contributed by atoms with Crippen LogP contribution in [0, 0.1) is 5.92 Å². The smallest absolute Gasteiger partial charge is 0.225 e. The molecule has 18 heavy (non-hydrogen) atoms. The molecule has 2 atom stereocenters. The molecule has 0 radical (unpaired) electrons. The summed E-state index contributed by atoms with van der Waals surface area (Å²) in [5, 5.41) is 0. The Balaban J connectivity index is 1.87. The molecule has 0 aromatic carbocycles. The molecule has 3 nitrogen and oxygen atoms in total. The number of carbonyl (C=O) groups excluding carboxylic acids is 1. The first-order valence-electron chi connectivity index (χ1n) is 7.79. The highest BCUT2D eigenvalue weighted by Gasteiger charge is 2.34. The van der Waals surface area contributed by atoms with Crippen molar-refractivity contribution >= 4 is 5.91 Å². The van der Waals surface area contributed by atoms with E-state index < -0.39 is 0 Å². The lowest BCUT2D eigenvalue weighted by Gasteiger charge is -2.39. The predicted molar refractivity (Wildman–Crippen MR) is 74.5 cm³/mol. The Hall–Kier alpha value is -0.570. The van der Waals surface area contributed by atoms with E-state index in [-0.39, 0.29) is 5.92 Å². The molecule has 0 aliphatic carbocycles. The molecule has 1 amide bonds. The fourth-order valence-electron chi connectivity index (χ4n) is 3.40. The normalized spacial score (nSPS) is 26.1. The second-order valence-corrected chi connectivity index (χ2v) is 5.86. The van der Waals surface area contributed by atoms with Crippen LogP contribution >= 0.6 is 0 Å². The highest BCUT2D eigenvalue weighted by Crippen LogP contribution is 2.24. The molecule has 0 saturated carbocycles. The minimum Gasteiger partial charge on any atom is -0.340 e. The number of amides is 1. The van der Waals surface area contributed by atoms with Gasteiger partial charge >= 0.3 is 0 Å². The molecular formula is C15H28N2O. The average molecular weight is 252 g/mol. The third kappa shape index (κ3) is 3.05. The molecule has 2 saturated heterocycles. The molecule has 0 bridgehead atoms. The van der Waals surface area contributed by atoms with Crippen molar-refractivity contribution in [1.29, 1.82) is 0 Å². The zero-order chi connectivity index (χ0) is 13.0. The summed E-state index contributed by atoms with van der Waals surface area (Å²) in [4.78, 5) is 17.2. The molecule has 104 valence electrons. The molecule has 2 heterocycles. The van der Waals surface area contributed by atoms with Crippen LogP contribution in [0.3, 0.4) is 0 Å². The minimum atomic E-state index is 0.276. The van der Waals surface area contributed by atoms with Crippen LogP contribution < -0.4 is 0 Å². The lowest BCUT2D eigenvalue weighted by Crippen LogP contribution is -2.53. The number of fused-ring (bicyclic) bond motifs is 1.